The van der Waals surface area contributed by atoms with E-state index < -0.39 is 0 Å². The second kappa shape index (κ2) is 15.7. The molecule has 2 N–H and O–H groups in total. The lowest BCUT2D eigenvalue weighted by Crippen LogP contribution is -2.31. The van der Waals surface area contributed by atoms with Crippen LogP contribution in [-0.2, 0) is 15.6 Å². The van der Waals surface area contributed by atoms with E-state index in [1.54, 1.807) is 30.0 Å². The zero-order valence-corrected chi connectivity index (χ0v) is 34.3. The van der Waals surface area contributed by atoms with E-state index in [9.17, 15) is 15.0 Å². The molecule has 298 valence electrons. The molecule has 0 atom stereocenters. The SMILES string of the molecule is C=C(C)C(=O)N(CC)c1cc(O)c(-n2n3c4ccc(SOCCCC)cc4n23)cc1C.C=Cc1ccc(COc2ccc(-n3n4c5ccc(Cl)cc5n34)c(O)c2)cc1. The van der Waals surface area contributed by atoms with E-state index in [1.807, 2.05) is 109 Å². The first-order valence-corrected chi connectivity index (χ1v) is 20.2. The molecule has 5 aromatic carbocycles. The van der Waals surface area contributed by atoms with Crippen LogP contribution in [0.1, 0.15) is 50.3 Å². The molecule has 0 bridgehead atoms. The van der Waals surface area contributed by atoms with Crippen molar-refractivity contribution < 1.29 is 23.9 Å². The normalized spacial score (nSPS) is 11.7. The number of carbonyl (C=O) groups excluding carboxylic acids is 1. The quantitative estimate of drug-likeness (QED) is 0.0643. The first kappa shape index (κ1) is 38.7. The standard InChI is InChI=1S/C23H28N4O3S.C21H16ClN3O2/c1-6-8-11-30-31-17-9-10-18-20(13-17)26-25(18)27(26)21-12-16(5)19(14-22(21)28)24(7-2)23(29)15(3)4;1-2-14-3-5-15(6-4-14)13-27-17-8-10-19(21(26)12-17)24-23-18-9-7-16(22)11-20(18)25(23)24/h9-10,12-14,28H,3,6-8,11H2,1-2,4-5H3;2-12,26H,1,13H2. The fraction of sp³-hybridized carbons (Fsp3) is 0.205. The number of carbonyl (C=O) groups is 1. The van der Waals surface area contributed by atoms with E-state index in [2.05, 4.69) is 32.2 Å². The minimum absolute atomic E-state index is 0.117. The molecule has 0 fully saturated rings. The summed E-state index contributed by atoms with van der Waals surface area (Å²) in [4.78, 5) is 19.0. The summed E-state index contributed by atoms with van der Waals surface area (Å²) in [7, 11) is 0. The Labute approximate surface area is 344 Å². The van der Waals surface area contributed by atoms with Crippen molar-refractivity contribution in [3.8, 4) is 28.6 Å². The smallest absolute Gasteiger partial charge is 0.253 e. The van der Waals surface area contributed by atoms with Gasteiger partial charge in [-0.2, -0.15) is 0 Å². The van der Waals surface area contributed by atoms with Gasteiger partial charge in [0, 0.05) is 46.2 Å². The number of aromatic hydroxyl groups is 2. The molecule has 4 aromatic heterocycles. The Hall–Kier alpha value is -6.15. The number of aryl methyl sites for hydroxylation is 1. The van der Waals surface area contributed by atoms with Crippen molar-refractivity contribution in [2.75, 3.05) is 18.1 Å². The van der Waals surface area contributed by atoms with Crippen LogP contribution in [0.5, 0.6) is 17.2 Å². The maximum Gasteiger partial charge on any atom is 0.253 e. The van der Waals surface area contributed by atoms with Crippen molar-refractivity contribution in [1.29, 1.82) is 0 Å². The molecule has 14 heteroatoms. The summed E-state index contributed by atoms with van der Waals surface area (Å²) in [6.07, 6.45) is 3.97. The topological polar surface area (TPSA) is 107 Å². The molecule has 0 spiro atoms. The summed E-state index contributed by atoms with van der Waals surface area (Å²) in [6.45, 7) is 16.9. The first-order valence-electron chi connectivity index (χ1n) is 19.1. The van der Waals surface area contributed by atoms with Gasteiger partial charge in [0.15, 0.2) is 0 Å². The van der Waals surface area contributed by atoms with Crippen LogP contribution in [0.2, 0.25) is 5.02 Å². The van der Waals surface area contributed by atoms with Gasteiger partial charge in [-0.25, -0.2) is 0 Å². The van der Waals surface area contributed by atoms with E-state index in [4.69, 9.17) is 20.5 Å². The molecule has 0 saturated heterocycles. The summed E-state index contributed by atoms with van der Waals surface area (Å²) in [5, 5.41) is 21.9. The summed E-state index contributed by atoms with van der Waals surface area (Å²) in [5.41, 5.74) is 9.76. The number of phenols is 2. The van der Waals surface area contributed by atoms with Crippen molar-refractivity contribution in [3.63, 3.8) is 0 Å². The fourth-order valence-corrected chi connectivity index (χ4v) is 7.65. The Bertz CT molecular complexity index is 2910. The third-order valence-corrected chi connectivity index (χ3v) is 11.0. The number of hydrogen-bond acceptors (Lipinski definition) is 6. The fourth-order valence-electron chi connectivity index (χ4n) is 6.87. The zero-order chi connectivity index (χ0) is 40.8. The number of nitrogens with zero attached hydrogens (tertiary/aromatic N) is 7. The Morgan fingerprint density at radius 3 is 2.14 bits per heavy atom. The highest BCUT2D eigenvalue weighted by Crippen LogP contribution is 2.37. The molecule has 9 rings (SSSR count). The summed E-state index contributed by atoms with van der Waals surface area (Å²) < 4.78 is 19.3. The highest BCUT2D eigenvalue weighted by Gasteiger charge is 2.28. The van der Waals surface area contributed by atoms with Gasteiger partial charge in [-0.05, 0) is 98.5 Å². The average Bonchev–Trinajstić information content (AvgIpc) is 4.09. The van der Waals surface area contributed by atoms with Gasteiger partial charge in [-0.15, -0.1) is 28.1 Å². The molecule has 0 aliphatic rings. The number of anilines is 1. The van der Waals surface area contributed by atoms with Gasteiger partial charge in [0.2, 0.25) is 0 Å². The van der Waals surface area contributed by atoms with Crippen molar-refractivity contribution >= 4 is 63.4 Å². The van der Waals surface area contributed by atoms with E-state index in [1.165, 1.54) is 12.0 Å². The molecule has 0 radical (unpaired) electrons. The van der Waals surface area contributed by atoms with Crippen LogP contribution >= 0.6 is 23.6 Å². The first-order chi connectivity index (χ1) is 28.0. The number of unbranched alkanes of at least 4 members (excludes halogenated alkanes) is 1. The Kier molecular flexibility index (Phi) is 10.4. The highest BCUT2D eigenvalue weighted by atomic mass is 35.5. The Morgan fingerprint density at radius 1 is 0.828 bits per heavy atom. The Morgan fingerprint density at radius 2 is 1.48 bits per heavy atom. The van der Waals surface area contributed by atoms with Crippen LogP contribution in [0, 0.1) is 6.92 Å². The lowest BCUT2D eigenvalue weighted by molar-refractivity contribution is -0.115. The number of aromatic nitrogens is 6. The molecule has 0 aliphatic heterocycles. The second-order valence-electron chi connectivity index (χ2n) is 14.1. The van der Waals surface area contributed by atoms with Crippen LogP contribution in [0.3, 0.4) is 0 Å². The van der Waals surface area contributed by atoms with Crippen molar-refractivity contribution in [1.82, 2.24) is 28.1 Å². The van der Waals surface area contributed by atoms with Gasteiger partial charge < -0.3 is 24.0 Å². The third-order valence-electron chi connectivity index (χ3n) is 10.0. The van der Waals surface area contributed by atoms with Crippen molar-refractivity contribution in [2.24, 2.45) is 0 Å². The number of fused-ring (bicyclic) bond motifs is 8. The van der Waals surface area contributed by atoms with Gasteiger partial charge in [-0.1, -0.05) is 68.4 Å². The largest absolute Gasteiger partial charge is 0.506 e. The van der Waals surface area contributed by atoms with Gasteiger partial charge >= 0.3 is 0 Å². The monoisotopic (exact) mass is 817 g/mol. The number of hydrogen-bond donors (Lipinski definition) is 2. The van der Waals surface area contributed by atoms with Crippen LogP contribution in [0.15, 0.2) is 115 Å². The molecule has 0 saturated carbocycles. The van der Waals surface area contributed by atoms with E-state index in [0.717, 1.165) is 63.1 Å². The number of halogens is 1. The molecule has 4 heterocycles. The molecule has 0 unspecified atom stereocenters. The number of phenolic OH excluding ortho intramolecular Hbond substituents is 2. The summed E-state index contributed by atoms with van der Waals surface area (Å²) in [5.74, 6) is 0.742. The van der Waals surface area contributed by atoms with Crippen molar-refractivity contribution in [3.05, 3.63) is 131 Å². The van der Waals surface area contributed by atoms with Crippen molar-refractivity contribution in [2.45, 2.75) is 52.0 Å². The molecule has 12 nitrogen and oxygen atoms in total. The molecule has 0 aliphatic carbocycles. The minimum atomic E-state index is -0.143. The van der Waals surface area contributed by atoms with Crippen LogP contribution in [-0.4, -0.2) is 57.4 Å². The zero-order valence-electron chi connectivity index (χ0n) is 32.7. The number of benzene rings is 5. The number of likely N-dealkylation sites (N-methyl/N-ethyl adjacent to an activating group) is 1. The maximum atomic E-state index is 12.5. The van der Waals surface area contributed by atoms with Crippen LogP contribution in [0.4, 0.5) is 5.69 Å². The number of amides is 1. The van der Waals surface area contributed by atoms with Gasteiger partial charge in [0.05, 0.1) is 12.3 Å². The molecule has 1 amide bonds. The van der Waals surface area contributed by atoms with Gasteiger partial charge in [-0.3, -0.25) is 4.79 Å². The number of rotatable bonds is 14. The molecule has 58 heavy (non-hydrogen) atoms. The van der Waals surface area contributed by atoms with Crippen LogP contribution < -0.4 is 9.64 Å². The van der Waals surface area contributed by atoms with E-state index in [-0.39, 0.29) is 17.4 Å². The predicted molar refractivity (Wildman–Crippen MR) is 231 cm³/mol. The summed E-state index contributed by atoms with van der Waals surface area (Å²) in [6, 6.07) is 28.8. The number of ether oxygens (including phenoxy) is 1. The molecular weight excluding hydrogens is 774 g/mol. The minimum Gasteiger partial charge on any atom is -0.506 e. The molecular formula is C44H44ClN7O5S. The Balaban J connectivity index is 0.000000163. The van der Waals surface area contributed by atoms with Crippen LogP contribution in [0.25, 0.3) is 39.5 Å². The van der Waals surface area contributed by atoms with Gasteiger partial charge in [0.1, 0.15) is 57.3 Å². The predicted octanol–water partition coefficient (Wildman–Crippen LogP) is 10.2. The van der Waals surface area contributed by atoms with Gasteiger partial charge in [0.25, 0.3) is 5.91 Å². The third kappa shape index (κ3) is 7.06. The maximum absolute atomic E-state index is 12.5. The lowest BCUT2D eigenvalue weighted by atomic mass is 10.1. The van der Waals surface area contributed by atoms with E-state index in [0.29, 0.717) is 46.6 Å². The van der Waals surface area contributed by atoms with E-state index >= 15 is 0 Å². The lowest BCUT2D eigenvalue weighted by Gasteiger charge is -2.23. The molecule has 9 aromatic rings. The summed E-state index contributed by atoms with van der Waals surface area (Å²) >= 11 is 7.44. The second-order valence-corrected chi connectivity index (χ2v) is 15.4. The highest BCUT2D eigenvalue weighted by molar-refractivity contribution is 7.94. The average molecular weight is 818 g/mol.